The van der Waals surface area contributed by atoms with Crippen LogP contribution in [0.3, 0.4) is 0 Å². The Morgan fingerprint density at radius 3 is 2.95 bits per heavy atom. The van der Waals surface area contributed by atoms with Crippen LogP contribution in [0.1, 0.15) is 31.2 Å². The molecule has 0 spiro atoms. The zero-order chi connectivity index (χ0) is 13.5. The lowest BCUT2D eigenvalue weighted by Gasteiger charge is -2.46. The number of rotatable bonds is 4. The first-order valence-electron chi connectivity index (χ1n) is 7.83. The van der Waals surface area contributed by atoms with E-state index in [-0.39, 0.29) is 6.04 Å². The van der Waals surface area contributed by atoms with Gasteiger partial charge >= 0.3 is 0 Å². The maximum Gasteiger partial charge on any atom is 0.239 e. The van der Waals surface area contributed by atoms with Crippen molar-refractivity contribution in [3.63, 3.8) is 0 Å². The molecule has 108 valence electrons. The predicted molar refractivity (Wildman–Crippen MR) is 80.5 cm³/mol. The summed E-state index contributed by atoms with van der Waals surface area (Å²) in [6.45, 7) is 4.09. The average molecular weight is 290 g/mol. The van der Waals surface area contributed by atoms with Gasteiger partial charge in [-0.3, -0.25) is 9.69 Å². The van der Waals surface area contributed by atoms with Gasteiger partial charge in [-0.15, -0.1) is 0 Å². The summed E-state index contributed by atoms with van der Waals surface area (Å²) in [5.41, 5.74) is 1.36. The molecule has 0 aromatic carbocycles. The van der Waals surface area contributed by atoms with Gasteiger partial charge in [-0.1, -0.05) is 0 Å². The second-order valence-corrected chi connectivity index (χ2v) is 7.47. The Kier molecular flexibility index (Phi) is 3.31. The van der Waals surface area contributed by atoms with Crippen LogP contribution in [0.25, 0.3) is 0 Å². The Hall–Kier alpha value is -0.870. The van der Waals surface area contributed by atoms with E-state index in [1.165, 1.54) is 24.8 Å². The summed E-state index contributed by atoms with van der Waals surface area (Å²) in [5, 5.41) is 4.34. The van der Waals surface area contributed by atoms with Crippen LogP contribution in [0.4, 0.5) is 0 Å². The first kappa shape index (κ1) is 12.8. The van der Waals surface area contributed by atoms with Gasteiger partial charge < -0.3 is 4.90 Å². The van der Waals surface area contributed by atoms with E-state index < -0.39 is 0 Å². The highest BCUT2D eigenvalue weighted by Crippen LogP contribution is 2.35. The van der Waals surface area contributed by atoms with Crippen molar-refractivity contribution >= 4 is 17.2 Å². The van der Waals surface area contributed by atoms with E-state index in [4.69, 9.17) is 0 Å². The third kappa shape index (κ3) is 2.51. The molecule has 3 aliphatic rings. The molecule has 2 bridgehead atoms. The van der Waals surface area contributed by atoms with Gasteiger partial charge in [0, 0.05) is 19.6 Å². The van der Waals surface area contributed by atoms with Crippen LogP contribution in [-0.4, -0.2) is 41.4 Å². The number of thiophene rings is 1. The number of amides is 1. The summed E-state index contributed by atoms with van der Waals surface area (Å²) < 4.78 is 0. The molecule has 3 heterocycles. The highest BCUT2D eigenvalue weighted by molar-refractivity contribution is 7.07. The van der Waals surface area contributed by atoms with E-state index >= 15 is 0 Å². The van der Waals surface area contributed by atoms with Gasteiger partial charge in [0.1, 0.15) is 0 Å². The van der Waals surface area contributed by atoms with Crippen molar-refractivity contribution in [3.8, 4) is 0 Å². The molecule has 0 radical (unpaired) electrons. The quantitative estimate of drug-likeness (QED) is 0.851. The smallest absolute Gasteiger partial charge is 0.239 e. The Labute approximate surface area is 124 Å². The summed E-state index contributed by atoms with van der Waals surface area (Å²) in [6, 6.07) is 2.34. The van der Waals surface area contributed by atoms with E-state index in [1.54, 1.807) is 11.3 Å². The van der Waals surface area contributed by atoms with E-state index in [0.29, 0.717) is 5.91 Å². The van der Waals surface area contributed by atoms with Crippen molar-refractivity contribution in [1.29, 1.82) is 0 Å². The normalized spacial score (nSPS) is 30.8. The SMILES string of the molecule is O=C1[C@H]2C[C@H](CCN2Cc2ccsc2)CN1CC1CC1. The minimum atomic E-state index is 0.154. The lowest BCUT2D eigenvalue weighted by atomic mass is 9.85. The van der Waals surface area contributed by atoms with Crippen molar-refractivity contribution in [3.05, 3.63) is 22.4 Å². The number of carbonyl (C=O) groups is 1. The number of carbonyl (C=O) groups excluding carboxylic acids is 1. The molecular weight excluding hydrogens is 268 g/mol. The molecule has 3 fully saturated rings. The van der Waals surface area contributed by atoms with Gasteiger partial charge in [-0.05, 0) is 66.5 Å². The Morgan fingerprint density at radius 2 is 2.20 bits per heavy atom. The second kappa shape index (κ2) is 5.15. The van der Waals surface area contributed by atoms with E-state index in [1.807, 2.05) is 0 Å². The predicted octanol–water partition coefficient (Wildman–Crippen LogP) is 2.58. The van der Waals surface area contributed by atoms with Crippen LogP contribution < -0.4 is 0 Å². The molecule has 0 N–H and O–H groups in total. The third-order valence-corrected chi connectivity index (χ3v) is 5.77. The standard InChI is InChI=1S/C16H22N2OS/c19-16-15-7-13(9-18(16)8-12-1-2-12)3-5-17(15)10-14-4-6-20-11-14/h4,6,11-13,15H,1-3,5,7-10H2/t13-,15+/m0/s1. The number of piperidine rings is 2. The van der Waals surface area contributed by atoms with Crippen LogP contribution in [-0.2, 0) is 11.3 Å². The van der Waals surface area contributed by atoms with Gasteiger partial charge in [-0.25, -0.2) is 0 Å². The number of nitrogens with zero attached hydrogens (tertiary/aromatic N) is 2. The fraction of sp³-hybridized carbons (Fsp3) is 0.688. The number of hydrogen-bond acceptors (Lipinski definition) is 3. The largest absolute Gasteiger partial charge is 0.341 e. The fourth-order valence-corrected chi connectivity index (χ4v) is 4.36. The Bertz CT molecular complexity index is 483. The molecule has 2 aliphatic heterocycles. The topological polar surface area (TPSA) is 23.6 Å². The van der Waals surface area contributed by atoms with Gasteiger partial charge in [0.25, 0.3) is 0 Å². The highest BCUT2D eigenvalue weighted by Gasteiger charge is 2.42. The second-order valence-electron chi connectivity index (χ2n) is 6.69. The molecule has 1 aromatic rings. The van der Waals surface area contributed by atoms with Crippen LogP contribution in [0.15, 0.2) is 16.8 Å². The van der Waals surface area contributed by atoms with Crippen LogP contribution in [0, 0.1) is 11.8 Å². The molecule has 1 aromatic heterocycles. The maximum atomic E-state index is 12.7. The van der Waals surface area contributed by atoms with E-state index in [2.05, 4.69) is 26.6 Å². The van der Waals surface area contributed by atoms with Gasteiger partial charge in [0.2, 0.25) is 5.91 Å². The molecule has 3 nitrogen and oxygen atoms in total. The van der Waals surface area contributed by atoms with Crippen molar-refractivity contribution < 1.29 is 4.79 Å². The lowest BCUT2D eigenvalue weighted by Crippen LogP contribution is -2.58. The Balaban J connectivity index is 1.47. The molecule has 4 rings (SSSR count). The minimum Gasteiger partial charge on any atom is -0.341 e. The number of likely N-dealkylation sites (tertiary alicyclic amines) is 2. The molecule has 20 heavy (non-hydrogen) atoms. The van der Waals surface area contributed by atoms with E-state index in [9.17, 15) is 4.79 Å². The van der Waals surface area contributed by atoms with Crippen LogP contribution in [0.2, 0.25) is 0 Å². The molecule has 4 heteroatoms. The van der Waals surface area contributed by atoms with Crippen LogP contribution >= 0.6 is 11.3 Å². The van der Waals surface area contributed by atoms with Crippen molar-refractivity contribution in [2.75, 3.05) is 19.6 Å². The van der Waals surface area contributed by atoms with Crippen molar-refractivity contribution in [2.45, 2.75) is 38.3 Å². The Morgan fingerprint density at radius 1 is 1.30 bits per heavy atom. The summed E-state index contributed by atoms with van der Waals surface area (Å²) in [5.74, 6) is 1.96. The average Bonchev–Trinajstić information content (AvgIpc) is 3.12. The highest BCUT2D eigenvalue weighted by atomic mass is 32.1. The molecule has 1 aliphatic carbocycles. The molecule has 1 amide bonds. The summed E-state index contributed by atoms with van der Waals surface area (Å²) in [4.78, 5) is 17.3. The number of fused-ring (bicyclic) bond motifs is 2. The van der Waals surface area contributed by atoms with Crippen LogP contribution in [0.5, 0.6) is 0 Å². The molecular formula is C16H22N2OS. The monoisotopic (exact) mass is 290 g/mol. The van der Waals surface area contributed by atoms with Gasteiger partial charge in [-0.2, -0.15) is 11.3 Å². The zero-order valence-electron chi connectivity index (χ0n) is 11.8. The molecule has 0 unspecified atom stereocenters. The molecule has 2 saturated heterocycles. The van der Waals surface area contributed by atoms with Gasteiger partial charge in [0.05, 0.1) is 6.04 Å². The number of hydrogen-bond donors (Lipinski definition) is 0. The van der Waals surface area contributed by atoms with Crippen molar-refractivity contribution in [2.24, 2.45) is 11.8 Å². The first-order chi connectivity index (χ1) is 9.79. The summed E-state index contributed by atoms with van der Waals surface area (Å²) >= 11 is 1.75. The summed E-state index contributed by atoms with van der Waals surface area (Å²) in [7, 11) is 0. The lowest BCUT2D eigenvalue weighted by molar-refractivity contribution is -0.146. The van der Waals surface area contributed by atoms with Crippen molar-refractivity contribution in [1.82, 2.24) is 9.80 Å². The minimum absolute atomic E-state index is 0.154. The zero-order valence-corrected chi connectivity index (χ0v) is 12.6. The van der Waals surface area contributed by atoms with E-state index in [0.717, 1.165) is 44.4 Å². The molecule has 1 saturated carbocycles. The molecule has 2 atom stereocenters. The summed E-state index contributed by atoms with van der Waals surface area (Å²) in [6.07, 6.45) is 5.01. The maximum absolute atomic E-state index is 12.7. The first-order valence-corrected chi connectivity index (χ1v) is 8.78. The third-order valence-electron chi connectivity index (χ3n) is 5.04. The van der Waals surface area contributed by atoms with Gasteiger partial charge in [0.15, 0.2) is 0 Å². The fourth-order valence-electron chi connectivity index (χ4n) is 3.71.